The lowest BCUT2D eigenvalue weighted by Crippen LogP contribution is -2.61. The van der Waals surface area contributed by atoms with E-state index < -0.39 is 93.9 Å². The molecule has 6 amide bonds. The second-order valence-corrected chi connectivity index (χ2v) is 15.5. The van der Waals surface area contributed by atoms with Crippen molar-refractivity contribution in [2.75, 3.05) is 10.6 Å². The summed E-state index contributed by atoms with van der Waals surface area (Å²) >= 11 is 12.3. The maximum atomic E-state index is 13.6. The van der Waals surface area contributed by atoms with Gasteiger partial charge in [-0.1, -0.05) is 83.9 Å². The van der Waals surface area contributed by atoms with E-state index in [-0.39, 0.29) is 45.6 Å². The molecule has 0 heterocycles. The van der Waals surface area contributed by atoms with Gasteiger partial charge in [-0.2, -0.15) is 0 Å². The van der Waals surface area contributed by atoms with E-state index in [4.69, 9.17) is 23.2 Å². The number of carbonyl (C=O) groups is 6. The maximum Gasteiger partial charge on any atom is 0.271 e. The second-order valence-electron chi connectivity index (χ2n) is 14.7. The van der Waals surface area contributed by atoms with E-state index in [2.05, 4.69) is 21.3 Å². The number of anilines is 2. The van der Waals surface area contributed by atoms with E-state index in [9.17, 15) is 69.4 Å². The third kappa shape index (κ3) is 14.5. The van der Waals surface area contributed by atoms with Crippen LogP contribution in [0.25, 0.3) is 0 Å². The minimum Gasteiger partial charge on any atom is -0.391 e. The third-order valence-corrected chi connectivity index (χ3v) is 10.3. The number of nitro groups is 2. The van der Waals surface area contributed by atoms with Gasteiger partial charge in [-0.3, -0.25) is 49.0 Å². The number of hydrogen-bond acceptors (Lipinski definition) is 14. The summed E-state index contributed by atoms with van der Waals surface area (Å²) < 4.78 is 0. The smallest absolute Gasteiger partial charge is 0.271 e. The average molecular weight is 956 g/mol. The summed E-state index contributed by atoms with van der Waals surface area (Å²) in [7, 11) is 0. The van der Waals surface area contributed by atoms with Gasteiger partial charge in [0.05, 0.1) is 43.5 Å². The van der Waals surface area contributed by atoms with Crippen LogP contribution in [0, 0.1) is 20.2 Å². The van der Waals surface area contributed by atoms with Crippen molar-refractivity contribution in [3.05, 3.63) is 138 Å². The van der Waals surface area contributed by atoms with Crippen molar-refractivity contribution in [2.45, 2.75) is 75.3 Å². The summed E-state index contributed by atoms with van der Waals surface area (Å²) in [6, 6.07) is 16.3. The highest BCUT2D eigenvalue weighted by molar-refractivity contribution is 6.34. The topological polar surface area (TPSA) is 342 Å². The van der Waals surface area contributed by atoms with Gasteiger partial charge >= 0.3 is 0 Å². The Kier molecular flexibility index (Phi) is 18.5. The van der Waals surface area contributed by atoms with Gasteiger partial charge in [0.15, 0.2) is 12.2 Å². The molecule has 0 radical (unpaired) electrons. The molecule has 4 aromatic rings. The van der Waals surface area contributed by atoms with Gasteiger partial charge in [-0.15, -0.1) is 0 Å². The van der Waals surface area contributed by atoms with Gasteiger partial charge in [0.2, 0.25) is 23.6 Å². The Hall–Kier alpha value is -7.08. The highest BCUT2D eigenvalue weighted by atomic mass is 35.5. The van der Waals surface area contributed by atoms with Crippen LogP contribution < -0.4 is 31.9 Å². The molecule has 0 aliphatic rings. The first-order valence-electron chi connectivity index (χ1n) is 19.7. The predicted molar refractivity (Wildman–Crippen MR) is 237 cm³/mol. The number of benzene rings is 4. The van der Waals surface area contributed by atoms with Gasteiger partial charge in [0, 0.05) is 37.1 Å². The van der Waals surface area contributed by atoms with E-state index in [1.54, 1.807) is 60.7 Å². The zero-order chi connectivity index (χ0) is 48.8. The Morgan fingerprint density at radius 2 is 0.848 bits per heavy atom. The molecule has 0 saturated heterocycles. The Morgan fingerprint density at radius 1 is 0.515 bits per heavy atom. The SMILES string of the molecule is CC(O)C(NC(=O)C(O)C(O)C(=O)NC(C(=O)N[C@@H](Cc1ccccc1)C(=O)Nc1ccc([N+](=O)[O-])cc1Cl)C(C)O)C(=O)NC(Cc1ccccc1)C(=O)Nc1ccc([N+](=O)[O-])cc1Cl. The number of nitro benzene ring substituents is 2. The fourth-order valence-corrected chi connectivity index (χ4v) is 6.54. The lowest BCUT2D eigenvalue weighted by molar-refractivity contribution is -0.385. The van der Waals surface area contributed by atoms with Gasteiger partial charge in [-0.25, -0.2) is 0 Å². The molecule has 0 bridgehead atoms. The van der Waals surface area contributed by atoms with Crippen LogP contribution in [0.1, 0.15) is 25.0 Å². The summed E-state index contributed by atoms with van der Waals surface area (Å²) in [5, 5.41) is 78.1. The average Bonchev–Trinajstić information content (AvgIpc) is 3.27. The third-order valence-electron chi connectivity index (χ3n) is 9.64. The monoisotopic (exact) mass is 954 g/mol. The molecule has 0 saturated carbocycles. The number of aliphatic hydroxyl groups excluding tert-OH is 4. The molecule has 0 aromatic heterocycles. The predicted octanol–water partition coefficient (Wildman–Crippen LogP) is 1.30. The zero-order valence-corrected chi connectivity index (χ0v) is 36.3. The maximum absolute atomic E-state index is 13.6. The minimum atomic E-state index is -2.67. The van der Waals surface area contributed by atoms with E-state index >= 15 is 0 Å². The molecule has 0 spiro atoms. The number of halogens is 2. The van der Waals surface area contributed by atoms with Crippen molar-refractivity contribution >= 4 is 81.4 Å². The van der Waals surface area contributed by atoms with Gasteiger partial charge in [0.25, 0.3) is 23.2 Å². The van der Waals surface area contributed by atoms with Gasteiger partial charge in [0.1, 0.15) is 24.2 Å². The van der Waals surface area contributed by atoms with Crippen LogP contribution in [0.15, 0.2) is 97.1 Å². The molecule has 66 heavy (non-hydrogen) atoms. The van der Waals surface area contributed by atoms with Crippen LogP contribution in [0.4, 0.5) is 22.7 Å². The van der Waals surface area contributed by atoms with Crippen molar-refractivity contribution in [1.82, 2.24) is 21.3 Å². The number of carbonyl (C=O) groups excluding carboxylic acids is 6. The number of non-ortho nitro benzene ring substituents is 2. The molecule has 4 aromatic carbocycles. The van der Waals surface area contributed by atoms with Crippen molar-refractivity contribution in [1.29, 1.82) is 0 Å². The van der Waals surface area contributed by atoms with Crippen LogP contribution in [-0.2, 0) is 41.6 Å². The Balaban J connectivity index is 1.46. The molecular formula is C42H44Cl2N8O14. The van der Waals surface area contributed by atoms with Crippen molar-refractivity contribution in [2.24, 2.45) is 0 Å². The number of nitrogens with one attached hydrogen (secondary N) is 6. The Morgan fingerprint density at radius 3 is 1.14 bits per heavy atom. The summed E-state index contributed by atoms with van der Waals surface area (Å²) in [4.78, 5) is 101. The number of nitrogens with zero attached hydrogens (tertiary/aromatic N) is 2. The number of rotatable bonds is 21. The first-order valence-corrected chi connectivity index (χ1v) is 20.4. The number of amides is 6. The van der Waals surface area contributed by atoms with Crippen molar-refractivity contribution < 1.29 is 59.0 Å². The lowest BCUT2D eigenvalue weighted by atomic mass is 10.0. The first-order chi connectivity index (χ1) is 31.2. The van der Waals surface area contributed by atoms with Crippen LogP contribution in [0.5, 0.6) is 0 Å². The fourth-order valence-electron chi connectivity index (χ4n) is 6.09. The number of aliphatic hydroxyl groups is 4. The van der Waals surface area contributed by atoms with Gasteiger partial charge < -0.3 is 52.3 Å². The Labute approximate surface area is 385 Å². The molecule has 0 aliphatic heterocycles. The molecular weight excluding hydrogens is 911 g/mol. The molecule has 7 unspecified atom stereocenters. The quantitative estimate of drug-likeness (QED) is 0.0416. The minimum absolute atomic E-state index is 0.0480. The molecule has 24 heteroatoms. The highest BCUT2D eigenvalue weighted by Gasteiger charge is 2.38. The molecule has 350 valence electrons. The standard InChI is InChI=1S/C42H44Cl2N8O14/c1-21(53)33(39(59)47-31(17-23-9-5-3-6-10-23)37(57)45-29-15-13-25(51(63)64)19-27(29)43)49-41(61)35(55)36(56)42(62)50-34(22(2)54)40(60)48-32(18-24-11-7-4-8-12-24)38(58)46-30-16-14-26(52(65)66)20-28(30)44/h3-16,19-22,31-36,53-56H,17-18H2,1-2H3,(H,45,57)(H,46,58)(H,47,59)(H,48,60)(H,49,61)(H,50,62)/t21?,22?,31-,32?,33?,34?,35?,36?/m0/s1. The van der Waals surface area contributed by atoms with Crippen LogP contribution >= 0.6 is 23.2 Å². The summed E-state index contributed by atoms with van der Waals surface area (Å²) in [5.74, 6) is -7.25. The van der Waals surface area contributed by atoms with E-state index in [0.29, 0.717) is 11.1 Å². The highest BCUT2D eigenvalue weighted by Crippen LogP contribution is 2.28. The van der Waals surface area contributed by atoms with E-state index in [1.165, 1.54) is 12.1 Å². The normalized spacial score (nSPS) is 14.6. The second kappa shape index (κ2) is 23.7. The Bertz CT molecular complexity index is 2260. The van der Waals surface area contributed by atoms with Gasteiger partial charge in [-0.05, 0) is 37.1 Å². The van der Waals surface area contributed by atoms with E-state index in [1.807, 2.05) is 10.6 Å². The first kappa shape index (κ1) is 51.6. The van der Waals surface area contributed by atoms with E-state index in [0.717, 1.165) is 38.1 Å². The molecule has 10 N–H and O–H groups in total. The largest absolute Gasteiger partial charge is 0.391 e. The zero-order valence-electron chi connectivity index (χ0n) is 34.8. The van der Waals surface area contributed by atoms with Crippen LogP contribution in [-0.4, -0.2) is 114 Å². The number of hydrogen-bond donors (Lipinski definition) is 10. The summed E-state index contributed by atoms with van der Waals surface area (Å²) in [6.45, 7) is 2.14. The molecule has 4 rings (SSSR count). The molecule has 22 nitrogen and oxygen atoms in total. The fraction of sp³-hybridized carbons (Fsp3) is 0.286. The molecule has 0 fully saturated rings. The lowest BCUT2D eigenvalue weighted by Gasteiger charge is -2.27. The van der Waals surface area contributed by atoms with Crippen molar-refractivity contribution in [3.8, 4) is 0 Å². The van der Waals surface area contributed by atoms with Crippen molar-refractivity contribution in [3.63, 3.8) is 0 Å². The molecule has 0 aliphatic carbocycles. The summed E-state index contributed by atoms with van der Waals surface area (Å²) in [5.41, 5.74) is 0.269. The van der Waals surface area contributed by atoms with Crippen LogP contribution in [0.3, 0.4) is 0 Å². The molecule has 8 atom stereocenters. The summed E-state index contributed by atoms with van der Waals surface area (Å²) in [6.07, 6.45) is -9.11. The van der Waals surface area contributed by atoms with Crippen LogP contribution in [0.2, 0.25) is 10.0 Å².